The average Bonchev–Trinajstić information content (AvgIpc) is 2.69. The van der Waals surface area contributed by atoms with Gasteiger partial charge in [0.25, 0.3) is 11.8 Å². The number of anilines is 1. The van der Waals surface area contributed by atoms with E-state index in [2.05, 4.69) is 21.2 Å². The number of phenolic OH excluding ortho intramolecular Hbond substituents is 1. The van der Waals surface area contributed by atoms with Gasteiger partial charge in [0.15, 0.2) is 16.6 Å². The van der Waals surface area contributed by atoms with E-state index in [0.29, 0.717) is 22.3 Å². The summed E-state index contributed by atoms with van der Waals surface area (Å²) >= 11 is 8.48. The van der Waals surface area contributed by atoms with Crippen LogP contribution in [-0.2, 0) is 16.0 Å². The monoisotopic (exact) mass is 474 g/mol. The summed E-state index contributed by atoms with van der Waals surface area (Å²) in [4.78, 5) is 26.8. The van der Waals surface area contributed by atoms with Crippen molar-refractivity contribution in [1.29, 1.82) is 0 Å². The van der Waals surface area contributed by atoms with Crippen molar-refractivity contribution in [3.8, 4) is 11.5 Å². The van der Waals surface area contributed by atoms with Crippen LogP contribution in [0.2, 0.25) is 0 Å². The van der Waals surface area contributed by atoms with E-state index in [1.807, 2.05) is 19.1 Å². The molecule has 0 saturated carbocycles. The van der Waals surface area contributed by atoms with E-state index in [1.165, 1.54) is 11.0 Å². The normalized spacial score (nSPS) is 15.6. The van der Waals surface area contributed by atoms with Crippen molar-refractivity contribution in [2.24, 2.45) is 0 Å². The number of thiocarbonyl (C=S) groups is 1. The molecule has 0 unspecified atom stereocenters. The Bertz CT molecular complexity index is 1020. The third-order valence-corrected chi connectivity index (χ3v) is 5.26. The highest BCUT2D eigenvalue weighted by Crippen LogP contribution is 2.36. The molecule has 29 heavy (non-hydrogen) atoms. The van der Waals surface area contributed by atoms with Crippen molar-refractivity contribution in [1.82, 2.24) is 5.32 Å². The Kier molecular flexibility index (Phi) is 6.34. The molecule has 6 nitrogen and oxygen atoms in total. The molecule has 8 heteroatoms. The summed E-state index contributed by atoms with van der Waals surface area (Å²) in [5.74, 6) is -0.902. The minimum absolute atomic E-state index is 0.0308. The second kappa shape index (κ2) is 8.75. The molecule has 0 bridgehead atoms. The van der Waals surface area contributed by atoms with Gasteiger partial charge in [-0.3, -0.25) is 19.8 Å². The fourth-order valence-corrected chi connectivity index (χ4v) is 3.62. The number of nitrogens with zero attached hydrogens (tertiary/aromatic N) is 1. The number of carbonyl (C=O) groups excluding carboxylic acids is 2. The number of rotatable bonds is 5. The Morgan fingerprint density at radius 2 is 1.90 bits per heavy atom. The molecule has 1 fully saturated rings. The number of benzene rings is 2. The van der Waals surface area contributed by atoms with Gasteiger partial charge in [0.2, 0.25) is 0 Å². The minimum Gasteiger partial charge on any atom is -0.503 e. The van der Waals surface area contributed by atoms with E-state index in [4.69, 9.17) is 17.0 Å². The smallest absolute Gasteiger partial charge is 0.270 e. The Hall–Kier alpha value is -2.71. The van der Waals surface area contributed by atoms with E-state index in [1.54, 1.807) is 31.2 Å². The summed E-state index contributed by atoms with van der Waals surface area (Å²) in [6, 6.07) is 10.6. The van der Waals surface area contributed by atoms with Crippen molar-refractivity contribution < 1.29 is 19.4 Å². The van der Waals surface area contributed by atoms with Crippen LogP contribution in [0.1, 0.15) is 25.0 Å². The molecule has 150 valence electrons. The topological polar surface area (TPSA) is 78.9 Å². The minimum atomic E-state index is -0.580. The van der Waals surface area contributed by atoms with Crippen LogP contribution in [0.3, 0.4) is 0 Å². The third-order valence-electron chi connectivity index (χ3n) is 4.37. The van der Waals surface area contributed by atoms with Crippen molar-refractivity contribution in [2.75, 3.05) is 11.5 Å². The first-order chi connectivity index (χ1) is 13.8. The molecule has 0 aromatic heterocycles. The molecule has 3 rings (SSSR count). The summed E-state index contributed by atoms with van der Waals surface area (Å²) in [6.45, 7) is 4.19. The van der Waals surface area contributed by atoms with Crippen molar-refractivity contribution in [3.63, 3.8) is 0 Å². The number of carbonyl (C=O) groups is 2. The summed E-state index contributed by atoms with van der Waals surface area (Å²) < 4.78 is 5.79. The molecule has 2 aromatic carbocycles. The van der Waals surface area contributed by atoms with Gasteiger partial charge in [0.1, 0.15) is 5.57 Å². The number of aryl methyl sites for hydroxylation is 1. The maximum Gasteiger partial charge on any atom is 0.270 e. The van der Waals surface area contributed by atoms with E-state index in [0.717, 1.165) is 12.0 Å². The number of aromatic hydroxyl groups is 1. The van der Waals surface area contributed by atoms with Gasteiger partial charge in [-0.2, -0.15) is 0 Å². The molecule has 2 N–H and O–H groups in total. The molecule has 1 saturated heterocycles. The van der Waals surface area contributed by atoms with Crippen molar-refractivity contribution >= 4 is 56.8 Å². The van der Waals surface area contributed by atoms with E-state index in [-0.39, 0.29) is 22.2 Å². The fraction of sp³-hybridized carbons (Fsp3) is 0.190. The SMILES string of the molecule is CCOc1cc(/C=C2\C(=O)NC(=S)N(c3ccc(CC)cc3)C2=O)cc(Br)c1O. The lowest BCUT2D eigenvalue weighted by atomic mass is 10.1. The van der Waals surface area contributed by atoms with Crippen LogP contribution in [0.5, 0.6) is 11.5 Å². The maximum absolute atomic E-state index is 13.1. The molecule has 1 heterocycles. The van der Waals surface area contributed by atoms with Gasteiger partial charge < -0.3 is 9.84 Å². The Labute approximate surface area is 182 Å². The molecule has 0 aliphatic carbocycles. The number of halogens is 1. The number of phenols is 1. The van der Waals surface area contributed by atoms with Gasteiger partial charge >= 0.3 is 0 Å². The third kappa shape index (κ3) is 4.33. The number of amides is 2. The largest absolute Gasteiger partial charge is 0.503 e. The van der Waals surface area contributed by atoms with Crippen molar-refractivity contribution in [2.45, 2.75) is 20.3 Å². The second-order valence-electron chi connectivity index (χ2n) is 6.26. The van der Waals surface area contributed by atoms with E-state index in [9.17, 15) is 14.7 Å². The van der Waals surface area contributed by atoms with Gasteiger partial charge in [-0.1, -0.05) is 19.1 Å². The van der Waals surface area contributed by atoms with E-state index < -0.39 is 11.8 Å². The van der Waals surface area contributed by atoms with Crippen LogP contribution in [0.15, 0.2) is 46.4 Å². The predicted molar refractivity (Wildman–Crippen MR) is 119 cm³/mol. The quantitative estimate of drug-likeness (QED) is 0.389. The molecular formula is C21H19BrN2O4S. The van der Waals surface area contributed by atoms with Gasteiger partial charge in [-0.15, -0.1) is 0 Å². The molecular weight excluding hydrogens is 456 g/mol. The zero-order valence-corrected chi connectivity index (χ0v) is 18.3. The van der Waals surface area contributed by atoms with Crippen LogP contribution in [-0.4, -0.2) is 28.6 Å². The number of hydrogen-bond acceptors (Lipinski definition) is 5. The highest BCUT2D eigenvalue weighted by Gasteiger charge is 2.34. The molecule has 0 atom stereocenters. The highest BCUT2D eigenvalue weighted by molar-refractivity contribution is 9.10. The Morgan fingerprint density at radius 1 is 1.21 bits per heavy atom. The fourth-order valence-electron chi connectivity index (χ4n) is 2.88. The lowest BCUT2D eigenvalue weighted by Gasteiger charge is -2.29. The van der Waals surface area contributed by atoms with Crippen LogP contribution in [0.25, 0.3) is 6.08 Å². The maximum atomic E-state index is 13.1. The van der Waals surface area contributed by atoms with E-state index >= 15 is 0 Å². The second-order valence-corrected chi connectivity index (χ2v) is 7.50. The standard InChI is InChI=1S/C21H19BrN2O4S/c1-3-12-5-7-14(8-6-12)24-20(27)15(19(26)23-21(24)29)9-13-10-16(22)18(25)17(11-13)28-4-2/h5-11,25H,3-4H2,1-2H3,(H,23,26,29)/b15-9+. The van der Waals surface area contributed by atoms with Crippen LogP contribution in [0.4, 0.5) is 5.69 Å². The zero-order valence-electron chi connectivity index (χ0n) is 15.9. The lowest BCUT2D eigenvalue weighted by molar-refractivity contribution is -0.122. The van der Waals surface area contributed by atoms with Gasteiger partial charge in [0.05, 0.1) is 16.8 Å². The zero-order chi connectivity index (χ0) is 21.1. The highest BCUT2D eigenvalue weighted by atomic mass is 79.9. The molecule has 2 aromatic rings. The molecule has 0 radical (unpaired) electrons. The summed E-state index contributed by atoms with van der Waals surface area (Å²) in [5, 5.41) is 12.7. The summed E-state index contributed by atoms with van der Waals surface area (Å²) in [5.41, 5.74) is 2.15. The molecule has 1 aliphatic heterocycles. The predicted octanol–water partition coefficient (Wildman–Crippen LogP) is 3.95. The molecule has 0 spiro atoms. The lowest BCUT2D eigenvalue weighted by Crippen LogP contribution is -2.54. The first-order valence-electron chi connectivity index (χ1n) is 9.01. The number of hydrogen-bond donors (Lipinski definition) is 2. The van der Waals surface area contributed by atoms with Crippen molar-refractivity contribution in [3.05, 3.63) is 57.6 Å². The summed E-state index contributed by atoms with van der Waals surface area (Å²) in [7, 11) is 0. The average molecular weight is 475 g/mol. The van der Waals surface area contributed by atoms with Gasteiger partial charge in [-0.05, 0) is 83.0 Å². The van der Waals surface area contributed by atoms with Crippen LogP contribution >= 0.6 is 28.1 Å². The number of nitrogens with one attached hydrogen (secondary N) is 1. The first-order valence-corrected chi connectivity index (χ1v) is 10.2. The Morgan fingerprint density at radius 3 is 2.52 bits per heavy atom. The van der Waals surface area contributed by atoms with Crippen LogP contribution < -0.4 is 15.0 Å². The first kappa shape index (κ1) is 21.0. The Balaban J connectivity index is 2.01. The van der Waals surface area contributed by atoms with Gasteiger partial charge in [-0.25, -0.2) is 0 Å². The number of ether oxygens (including phenoxy) is 1. The molecule has 1 aliphatic rings. The van der Waals surface area contributed by atoms with Crippen LogP contribution in [0, 0.1) is 0 Å². The van der Waals surface area contributed by atoms with Gasteiger partial charge in [0, 0.05) is 0 Å². The molecule has 2 amide bonds. The summed E-state index contributed by atoms with van der Waals surface area (Å²) in [6.07, 6.45) is 2.32.